The largest absolute Gasteiger partial charge is 0.337 e. The molecule has 2 nitrogen and oxygen atoms in total. The lowest BCUT2D eigenvalue weighted by Crippen LogP contribution is -2.11. The molecule has 3 heteroatoms. The van der Waals surface area contributed by atoms with Crippen LogP contribution < -0.4 is 0 Å². The van der Waals surface area contributed by atoms with Crippen LogP contribution in [0.4, 0.5) is 0 Å². The molecule has 2 aromatic rings. The van der Waals surface area contributed by atoms with Gasteiger partial charge in [0.05, 0.1) is 0 Å². The second-order valence-corrected chi connectivity index (χ2v) is 5.39. The molecule has 1 heterocycles. The van der Waals surface area contributed by atoms with Crippen molar-refractivity contribution in [3.8, 4) is 0 Å². The summed E-state index contributed by atoms with van der Waals surface area (Å²) in [5.74, 6) is 0. The van der Waals surface area contributed by atoms with Crippen LogP contribution in [0.5, 0.6) is 0 Å². The average molecular weight is 244 g/mol. The molecule has 0 saturated heterocycles. The van der Waals surface area contributed by atoms with Crippen molar-refractivity contribution in [2.75, 3.05) is 0 Å². The number of rotatable bonds is 2. The number of imidazole rings is 1. The van der Waals surface area contributed by atoms with Gasteiger partial charge in [0.15, 0.2) is 4.77 Å². The minimum atomic E-state index is 0.184. The first-order valence-corrected chi connectivity index (χ1v) is 6.39. The first-order valence-electron chi connectivity index (χ1n) is 5.98. The Morgan fingerprint density at radius 2 is 2.00 bits per heavy atom. The maximum atomic E-state index is 5.13. The van der Waals surface area contributed by atoms with Gasteiger partial charge in [0.1, 0.15) is 0 Å². The zero-order valence-corrected chi connectivity index (χ0v) is 10.9. The highest BCUT2D eigenvalue weighted by molar-refractivity contribution is 7.71. The highest BCUT2D eigenvalue weighted by Crippen LogP contribution is 2.53. The summed E-state index contributed by atoms with van der Waals surface area (Å²) >= 11 is 5.13. The van der Waals surface area contributed by atoms with Crippen LogP contribution in [0.1, 0.15) is 35.2 Å². The molecule has 1 fully saturated rings. The third kappa shape index (κ3) is 1.57. The Hall–Kier alpha value is -1.35. The zero-order valence-electron chi connectivity index (χ0n) is 10.1. The number of hydrogen-bond donors (Lipinski definition) is 2. The lowest BCUT2D eigenvalue weighted by atomic mass is 9.87. The van der Waals surface area contributed by atoms with Gasteiger partial charge in [-0.15, -0.1) is 0 Å². The van der Waals surface area contributed by atoms with E-state index in [9.17, 15) is 0 Å². The molecule has 0 spiro atoms. The average Bonchev–Trinajstić information content (AvgIpc) is 2.99. The van der Waals surface area contributed by atoms with E-state index < -0.39 is 0 Å². The Morgan fingerprint density at radius 1 is 1.24 bits per heavy atom. The first kappa shape index (κ1) is 10.8. The predicted octanol–water partition coefficient (Wildman–Crippen LogP) is 3.77. The predicted molar refractivity (Wildman–Crippen MR) is 71.9 cm³/mol. The molecule has 0 amide bonds. The molecule has 3 rings (SSSR count). The minimum absolute atomic E-state index is 0.184. The van der Waals surface area contributed by atoms with Crippen LogP contribution in [-0.4, -0.2) is 9.97 Å². The van der Waals surface area contributed by atoms with Crippen LogP contribution in [0, 0.1) is 18.6 Å². The van der Waals surface area contributed by atoms with Crippen LogP contribution in [-0.2, 0) is 5.41 Å². The van der Waals surface area contributed by atoms with Gasteiger partial charge in [0, 0.05) is 17.3 Å². The molecule has 0 radical (unpaired) electrons. The lowest BCUT2D eigenvalue weighted by molar-refractivity contribution is 0.801. The number of nitrogens with one attached hydrogen (secondary N) is 2. The van der Waals surface area contributed by atoms with Crippen LogP contribution in [0.25, 0.3) is 0 Å². The number of H-pyrrole nitrogens is 2. The van der Waals surface area contributed by atoms with Crippen molar-refractivity contribution in [1.29, 1.82) is 0 Å². The topological polar surface area (TPSA) is 31.6 Å². The number of aromatic nitrogens is 2. The molecule has 88 valence electrons. The normalized spacial score (nSPS) is 17.1. The van der Waals surface area contributed by atoms with Gasteiger partial charge in [-0.05, 0) is 55.6 Å². The third-order valence-electron chi connectivity index (χ3n) is 3.98. The minimum Gasteiger partial charge on any atom is -0.337 e. The SMILES string of the molecule is Cc1cccc(C2(c3c[nH]c(=S)[nH]3)CC2)c1C. The molecule has 1 aliphatic carbocycles. The maximum absolute atomic E-state index is 5.13. The Morgan fingerprint density at radius 3 is 2.59 bits per heavy atom. The molecule has 0 atom stereocenters. The summed E-state index contributed by atoms with van der Waals surface area (Å²) in [5, 5.41) is 0. The van der Waals surface area contributed by atoms with Crippen molar-refractivity contribution in [2.45, 2.75) is 32.1 Å². The van der Waals surface area contributed by atoms with Crippen LogP contribution >= 0.6 is 12.2 Å². The summed E-state index contributed by atoms with van der Waals surface area (Å²) in [5.41, 5.74) is 5.64. The van der Waals surface area contributed by atoms with Gasteiger partial charge >= 0.3 is 0 Å². The van der Waals surface area contributed by atoms with E-state index in [2.05, 4.69) is 42.0 Å². The Balaban J connectivity index is 2.15. The fourth-order valence-electron chi connectivity index (χ4n) is 2.67. The van der Waals surface area contributed by atoms with Crippen molar-refractivity contribution >= 4 is 12.2 Å². The van der Waals surface area contributed by atoms with Gasteiger partial charge in [-0.25, -0.2) is 0 Å². The van der Waals surface area contributed by atoms with E-state index in [-0.39, 0.29) is 5.41 Å². The third-order valence-corrected chi connectivity index (χ3v) is 4.20. The highest BCUT2D eigenvalue weighted by Gasteiger charge is 2.47. The molecule has 0 unspecified atom stereocenters. The molecule has 1 aromatic heterocycles. The van der Waals surface area contributed by atoms with E-state index in [4.69, 9.17) is 12.2 Å². The van der Waals surface area contributed by atoms with Gasteiger partial charge in [0.2, 0.25) is 0 Å². The van der Waals surface area contributed by atoms with E-state index in [1.165, 1.54) is 35.2 Å². The molecule has 17 heavy (non-hydrogen) atoms. The summed E-state index contributed by atoms with van der Waals surface area (Å²) in [6.07, 6.45) is 4.44. The van der Waals surface area contributed by atoms with Gasteiger partial charge in [-0.1, -0.05) is 18.2 Å². The fraction of sp³-hybridized carbons (Fsp3) is 0.357. The molecule has 1 aliphatic rings. The number of aryl methyl sites for hydroxylation is 1. The molecule has 0 bridgehead atoms. The Labute approximate surface area is 106 Å². The van der Waals surface area contributed by atoms with Crippen molar-refractivity contribution in [1.82, 2.24) is 9.97 Å². The monoisotopic (exact) mass is 244 g/mol. The smallest absolute Gasteiger partial charge is 0.174 e. The van der Waals surface area contributed by atoms with Gasteiger partial charge < -0.3 is 9.97 Å². The number of hydrogen-bond acceptors (Lipinski definition) is 1. The number of aromatic amines is 2. The summed E-state index contributed by atoms with van der Waals surface area (Å²) in [7, 11) is 0. The second kappa shape index (κ2) is 3.57. The van der Waals surface area contributed by atoms with Gasteiger partial charge in [0.25, 0.3) is 0 Å². The molecule has 1 aromatic carbocycles. The highest BCUT2D eigenvalue weighted by atomic mass is 32.1. The Kier molecular flexibility index (Phi) is 2.26. The molecule has 1 saturated carbocycles. The van der Waals surface area contributed by atoms with E-state index >= 15 is 0 Å². The van der Waals surface area contributed by atoms with Crippen LogP contribution in [0.3, 0.4) is 0 Å². The van der Waals surface area contributed by atoms with Crippen molar-refractivity contribution < 1.29 is 0 Å². The summed E-state index contributed by atoms with van der Waals surface area (Å²) in [4.78, 5) is 6.36. The van der Waals surface area contributed by atoms with E-state index in [1.807, 2.05) is 6.20 Å². The zero-order chi connectivity index (χ0) is 12.0. The van der Waals surface area contributed by atoms with Crippen molar-refractivity contribution in [3.63, 3.8) is 0 Å². The number of benzene rings is 1. The fourth-order valence-corrected chi connectivity index (χ4v) is 2.84. The first-order chi connectivity index (χ1) is 8.13. The molecular weight excluding hydrogens is 228 g/mol. The van der Waals surface area contributed by atoms with Crippen LogP contribution in [0.2, 0.25) is 0 Å². The maximum Gasteiger partial charge on any atom is 0.174 e. The molecule has 2 N–H and O–H groups in total. The van der Waals surface area contributed by atoms with E-state index in [0.717, 1.165) is 4.77 Å². The lowest BCUT2D eigenvalue weighted by Gasteiger charge is -2.18. The summed E-state index contributed by atoms with van der Waals surface area (Å²) in [6.45, 7) is 4.39. The van der Waals surface area contributed by atoms with Gasteiger partial charge in [-0.2, -0.15) is 0 Å². The summed E-state index contributed by atoms with van der Waals surface area (Å²) < 4.78 is 0.719. The second-order valence-electron chi connectivity index (χ2n) is 4.99. The van der Waals surface area contributed by atoms with Crippen molar-refractivity contribution in [3.05, 3.63) is 51.6 Å². The van der Waals surface area contributed by atoms with E-state index in [0.29, 0.717) is 0 Å². The quantitative estimate of drug-likeness (QED) is 0.774. The Bertz CT molecular complexity index is 617. The van der Waals surface area contributed by atoms with E-state index in [1.54, 1.807) is 0 Å². The van der Waals surface area contributed by atoms with Gasteiger partial charge in [-0.3, -0.25) is 0 Å². The van der Waals surface area contributed by atoms with Crippen molar-refractivity contribution in [2.24, 2.45) is 0 Å². The standard InChI is InChI=1S/C14H16N2S/c1-9-4-3-5-11(10(9)2)14(6-7-14)12-8-15-13(17)16-12/h3-5,8H,6-7H2,1-2H3,(H2,15,16,17). The summed E-state index contributed by atoms with van der Waals surface area (Å²) in [6, 6.07) is 6.58. The molecular formula is C14H16N2S. The van der Waals surface area contributed by atoms with Crippen LogP contribution in [0.15, 0.2) is 24.4 Å². The molecule has 0 aliphatic heterocycles.